The Bertz CT molecular complexity index is 533. The first-order valence-corrected chi connectivity index (χ1v) is 8.16. The Kier molecular flexibility index (Phi) is 4.59. The van der Waals surface area contributed by atoms with E-state index >= 15 is 0 Å². The lowest BCUT2D eigenvalue weighted by Crippen LogP contribution is -2.47. The summed E-state index contributed by atoms with van der Waals surface area (Å²) in [6.07, 6.45) is 2.89. The lowest BCUT2D eigenvalue weighted by Gasteiger charge is -2.43. The van der Waals surface area contributed by atoms with E-state index in [4.69, 9.17) is 16.3 Å². The number of ether oxygens (including phenoxy) is 2. The lowest BCUT2D eigenvalue weighted by atomic mass is 9.76. The highest BCUT2D eigenvalue weighted by Gasteiger charge is 2.46. The number of methoxy groups -OCH3 is 1. The third kappa shape index (κ3) is 2.95. The fourth-order valence-corrected chi connectivity index (χ4v) is 4.25. The van der Waals surface area contributed by atoms with Crippen LogP contribution < -0.4 is 0 Å². The van der Waals surface area contributed by atoms with Crippen LogP contribution in [-0.2, 0) is 9.47 Å². The Morgan fingerprint density at radius 1 is 1.32 bits per heavy atom. The van der Waals surface area contributed by atoms with E-state index in [0.717, 1.165) is 11.4 Å². The normalized spacial score (nSPS) is 31.0. The number of piperidine rings is 1. The monoisotopic (exact) mass is 323 g/mol. The van der Waals surface area contributed by atoms with E-state index in [2.05, 4.69) is 28.8 Å². The molecule has 120 valence electrons. The van der Waals surface area contributed by atoms with Crippen LogP contribution in [0.5, 0.6) is 0 Å². The van der Waals surface area contributed by atoms with Crippen LogP contribution in [-0.4, -0.2) is 43.9 Å². The maximum atomic E-state index is 11.4. The van der Waals surface area contributed by atoms with Crippen molar-refractivity contribution in [1.29, 1.82) is 0 Å². The Labute approximate surface area is 136 Å². The van der Waals surface area contributed by atoms with Crippen LogP contribution in [0.4, 0.5) is 4.79 Å². The van der Waals surface area contributed by atoms with Crippen molar-refractivity contribution < 1.29 is 14.3 Å². The molecule has 0 radical (unpaired) electrons. The van der Waals surface area contributed by atoms with Gasteiger partial charge in [-0.05, 0) is 49.9 Å². The molecule has 4 atom stereocenters. The molecule has 2 aliphatic heterocycles. The first-order valence-electron chi connectivity index (χ1n) is 7.78. The zero-order chi connectivity index (χ0) is 15.7. The Hall–Kier alpha value is -1.26. The minimum Gasteiger partial charge on any atom is -0.438 e. The first-order chi connectivity index (χ1) is 10.6. The van der Waals surface area contributed by atoms with Crippen LogP contribution in [0.25, 0.3) is 0 Å². The molecule has 4 nitrogen and oxygen atoms in total. The van der Waals surface area contributed by atoms with Gasteiger partial charge in [-0.1, -0.05) is 23.7 Å². The summed E-state index contributed by atoms with van der Waals surface area (Å²) in [4.78, 5) is 13.8. The Balaban J connectivity index is 1.82. The van der Waals surface area contributed by atoms with Crippen molar-refractivity contribution in [2.24, 2.45) is 5.92 Å². The summed E-state index contributed by atoms with van der Waals surface area (Å²) in [5, 5.41) is 0.752. The molecule has 2 heterocycles. The number of hydrogen-bond acceptors (Lipinski definition) is 4. The molecule has 22 heavy (non-hydrogen) atoms. The number of carbonyl (C=O) groups is 1. The number of nitrogens with zero attached hydrogens (tertiary/aromatic N) is 1. The molecule has 1 aromatic carbocycles. The van der Waals surface area contributed by atoms with Gasteiger partial charge in [0.05, 0.1) is 13.7 Å². The van der Waals surface area contributed by atoms with Crippen molar-refractivity contribution in [3.8, 4) is 0 Å². The molecule has 1 aromatic rings. The molecule has 2 unspecified atom stereocenters. The van der Waals surface area contributed by atoms with Crippen LogP contribution in [0.3, 0.4) is 0 Å². The predicted molar refractivity (Wildman–Crippen MR) is 85.2 cm³/mol. The minimum atomic E-state index is -0.599. The first kappa shape index (κ1) is 15.6. The van der Waals surface area contributed by atoms with Crippen molar-refractivity contribution in [3.63, 3.8) is 0 Å². The summed E-state index contributed by atoms with van der Waals surface area (Å²) in [5.74, 6) is 0.694. The zero-order valence-electron chi connectivity index (χ0n) is 13.0. The van der Waals surface area contributed by atoms with E-state index in [1.807, 2.05) is 12.1 Å². The number of benzene rings is 1. The predicted octanol–water partition coefficient (Wildman–Crippen LogP) is 3.69. The molecule has 0 aliphatic carbocycles. The summed E-state index contributed by atoms with van der Waals surface area (Å²) >= 11 is 6.01. The second-order valence-electron chi connectivity index (χ2n) is 6.29. The largest absolute Gasteiger partial charge is 0.507 e. The Morgan fingerprint density at radius 3 is 2.73 bits per heavy atom. The fraction of sp³-hybridized carbons (Fsp3) is 0.588. The second kappa shape index (κ2) is 6.47. The third-order valence-electron chi connectivity index (χ3n) is 5.29. The second-order valence-corrected chi connectivity index (χ2v) is 6.72. The van der Waals surface area contributed by atoms with Crippen LogP contribution in [0.1, 0.15) is 30.7 Å². The van der Waals surface area contributed by atoms with Gasteiger partial charge in [-0.25, -0.2) is 4.79 Å². The summed E-state index contributed by atoms with van der Waals surface area (Å²) in [6.45, 7) is 0.404. The fourth-order valence-electron chi connectivity index (χ4n) is 4.12. The topological polar surface area (TPSA) is 38.8 Å². The van der Waals surface area contributed by atoms with Gasteiger partial charge >= 0.3 is 6.16 Å². The van der Waals surface area contributed by atoms with E-state index in [9.17, 15) is 4.79 Å². The number of fused-ring (bicyclic) bond motifs is 2. The molecule has 2 fully saturated rings. The minimum absolute atomic E-state index is 0.295. The molecular formula is C17H22ClNO3. The molecule has 3 rings (SSSR count). The number of rotatable bonds is 3. The SMILES string of the molecule is COC(=O)OCC1C2CC[C@H](C[C@@H]1c1ccc(Cl)cc1)N2C. The summed E-state index contributed by atoms with van der Waals surface area (Å²) in [6, 6.07) is 9.17. The molecule has 2 saturated heterocycles. The lowest BCUT2D eigenvalue weighted by molar-refractivity contribution is 0.0193. The van der Waals surface area contributed by atoms with E-state index < -0.39 is 6.16 Å². The van der Waals surface area contributed by atoms with Crippen LogP contribution >= 0.6 is 11.6 Å². The average Bonchev–Trinajstić information content (AvgIpc) is 2.77. The van der Waals surface area contributed by atoms with Crippen LogP contribution in [0, 0.1) is 5.92 Å². The van der Waals surface area contributed by atoms with E-state index in [0.29, 0.717) is 30.5 Å². The molecule has 0 spiro atoms. The molecule has 0 amide bonds. The van der Waals surface area contributed by atoms with Gasteiger partial charge < -0.3 is 14.4 Å². The van der Waals surface area contributed by atoms with Crippen molar-refractivity contribution in [2.75, 3.05) is 20.8 Å². The van der Waals surface area contributed by atoms with E-state index in [1.54, 1.807) is 0 Å². The average molecular weight is 324 g/mol. The highest BCUT2D eigenvalue weighted by Crippen LogP contribution is 2.46. The molecule has 2 aliphatic rings. The van der Waals surface area contributed by atoms with Gasteiger partial charge in [0.25, 0.3) is 0 Å². The number of hydrogen-bond donors (Lipinski definition) is 0. The van der Waals surface area contributed by atoms with Crippen molar-refractivity contribution in [1.82, 2.24) is 4.90 Å². The smallest absolute Gasteiger partial charge is 0.438 e. The summed E-state index contributed by atoms with van der Waals surface area (Å²) < 4.78 is 9.90. The standard InChI is InChI=1S/C17H22ClNO3/c1-19-13-7-8-16(19)15(10-22-17(20)21-2)14(9-13)11-3-5-12(18)6-4-11/h3-6,13-16H,7-10H2,1-2H3/t13-,14-,15?,16?/m1/s1. The highest BCUT2D eigenvalue weighted by atomic mass is 35.5. The maximum Gasteiger partial charge on any atom is 0.507 e. The molecule has 2 bridgehead atoms. The Morgan fingerprint density at radius 2 is 2.05 bits per heavy atom. The summed E-state index contributed by atoms with van der Waals surface area (Å²) in [5.41, 5.74) is 1.29. The molecular weight excluding hydrogens is 302 g/mol. The highest BCUT2D eigenvalue weighted by molar-refractivity contribution is 6.30. The van der Waals surface area contributed by atoms with Gasteiger partial charge in [-0.2, -0.15) is 0 Å². The summed E-state index contributed by atoms with van der Waals surface area (Å²) in [7, 11) is 3.53. The van der Waals surface area contributed by atoms with E-state index in [1.165, 1.54) is 25.5 Å². The molecule has 5 heteroatoms. The van der Waals surface area contributed by atoms with Crippen molar-refractivity contribution in [3.05, 3.63) is 34.9 Å². The quantitative estimate of drug-likeness (QED) is 0.795. The van der Waals surface area contributed by atoms with Gasteiger partial charge in [0.1, 0.15) is 0 Å². The van der Waals surface area contributed by atoms with Gasteiger partial charge in [0, 0.05) is 23.0 Å². The zero-order valence-corrected chi connectivity index (χ0v) is 13.8. The van der Waals surface area contributed by atoms with Gasteiger partial charge in [-0.15, -0.1) is 0 Å². The van der Waals surface area contributed by atoms with Gasteiger partial charge in [0.15, 0.2) is 0 Å². The third-order valence-corrected chi connectivity index (χ3v) is 5.54. The molecule has 0 N–H and O–H groups in total. The molecule has 0 saturated carbocycles. The van der Waals surface area contributed by atoms with Crippen LogP contribution in [0.2, 0.25) is 5.02 Å². The van der Waals surface area contributed by atoms with Crippen LogP contribution in [0.15, 0.2) is 24.3 Å². The molecule has 0 aromatic heterocycles. The van der Waals surface area contributed by atoms with Crippen molar-refractivity contribution in [2.45, 2.75) is 37.3 Å². The van der Waals surface area contributed by atoms with Gasteiger partial charge in [0.2, 0.25) is 0 Å². The van der Waals surface area contributed by atoms with Crippen molar-refractivity contribution >= 4 is 17.8 Å². The van der Waals surface area contributed by atoms with E-state index in [-0.39, 0.29) is 0 Å². The maximum absolute atomic E-state index is 11.4. The van der Waals surface area contributed by atoms with Gasteiger partial charge in [-0.3, -0.25) is 0 Å². The number of halogens is 1. The number of carbonyl (C=O) groups excluding carboxylic acids is 1.